The maximum atomic E-state index is 11.7. The monoisotopic (exact) mass is 223 g/mol. The Morgan fingerprint density at radius 3 is 3.07 bits per heavy atom. The molecule has 0 radical (unpaired) electrons. The summed E-state index contributed by atoms with van der Waals surface area (Å²) in [4.78, 5) is 11.7. The van der Waals surface area contributed by atoms with Crippen LogP contribution in [0.1, 0.15) is 12.8 Å². The minimum Gasteiger partial charge on any atom is -0.508 e. The van der Waals surface area contributed by atoms with Gasteiger partial charge in [0, 0.05) is 11.8 Å². The third-order valence-electron chi connectivity index (χ3n) is 2.34. The molecule has 0 saturated carbocycles. The van der Waals surface area contributed by atoms with Crippen LogP contribution in [0.25, 0.3) is 0 Å². The van der Waals surface area contributed by atoms with Crippen LogP contribution in [0.3, 0.4) is 0 Å². The predicted octanol–water partition coefficient (Wildman–Crippen LogP) is 2.23. The van der Waals surface area contributed by atoms with Gasteiger partial charge < -0.3 is 10.4 Å². The van der Waals surface area contributed by atoms with E-state index in [0.717, 1.165) is 18.6 Å². The van der Waals surface area contributed by atoms with Crippen molar-refractivity contribution in [3.05, 3.63) is 24.3 Å². The Kier molecular flexibility index (Phi) is 3.16. The smallest absolute Gasteiger partial charge is 0.237 e. The molecule has 1 aliphatic rings. The molecule has 0 bridgehead atoms. The zero-order chi connectivity index (χ0) is 10.7. The van der Waals surface area contributed by atoms with Gasteiger partial charge in [-0.15, -0.1) is 11.8 Å². The van der Waals surface area contributed by atoms with Crippen molar-refractivity contribution in [3.63, 3.8) is 0 Å². The number of nitrogens with one attached hydrogen (secondary N) is 1. The van der Waals surface area contributed by atoms with E-state index in [1.807, 2.05) is 0 Å². The van der Waals surface area contributed by atoms with E-state index in [1.165, 1.54) is 0 Å². The first-order valence-corrected chi connectivity index (χ1v) is 6.02. The third kappa shape index (κ3) is 2.65. The summed E-state index contributed by atoms with van der Waals surface area (Å²) >= 11 is 1.70. The summed E-state index contributed by atoms with van der Waals surface area (Å²) in [5.74, 6) is 1.29. The van der Waals surface area contributed by atoms with E-state index in [9.17, 15) is 9.90 Å². The van der Waals surface area contributed by atoms with Crippen molar-refractivity contribution in [3.8, 4) is 5.75 Å². The van der Waals surface area contributed by atoms with Crippen molar-refractivity contribution < 1.29 is 9.90 Å². The fraction of sp³-hybridized carbons (Fsp3) is 0.364. The molecule has 15 heavy (non-hydrogen) atoms. The second-order valence-electron chi connectivity index (χ2n) is 3.54. The lowest BCUT2D eigenvalue weighted by Gasteiger charge is -2.09. The standard InChI is InChI=1S/C11H13NO2S/c13-9-4-1-3-8(7-9)12-11(14)10-5-2-6-15-10/h1,3-4,7,10,13H,2,5-6H2,(H,12,14). The summed E-state index contributed by atoms with van der Waals surface area (Å²) in [6, 6.07) is 6.63. The van der Waals surface area contributed by atoms with Crippen LogP contribution in [0.15, 0.2) is 24.3 Å². The lowest BCUT2D eigenvalue weighted by atomic mass is 10.2. The highest BCUT2D eigenvalue weighted by atomic mass is 32.2. The Morgan fingerprint density at radius 2 is 2.40 bits per heavy atom. The lowest BCUT2D eigenvalue weighted by molar-refractivity contribution is -0.115. The first-order valence-electron chi connectivity index (χ1n) is 4.97. The van der Waals surface area contributed by atoms with Crippen LogP contribution in [-0.4, -0.2) is 22.0 Å². The van der Waals surface area contributed by atoms with Crippen molar-refractivity contribution in [2.75, 3.05) is 11.1 Å². The molecule has 1 heterocycles. The highest BCUT2D eigenvalue weighted by Crippen LogP contribution is 2.27. The molecule has 3 nitrogen and oxygen atoms in total. The van der Waals surface area contributed by atoms with Gasteiger partial charge in [0.05, 0.1) is 5.25 Å². The predicted molar refractivity (Wildman–Crippen MR) is 62.2 cm³/mol. The van der Waals surface area contributed by atoms with E-state index in [2.05, 4.69) is 5.32 Å². The van der Waals surface area contributed by atoms with Crippen molar-refractivity contribution in [1.29, 1.82) is 0 Å². The normalized spacial score (nSPS) is 20.1. The average molecular weight is 223 g/mol. The van der Waals surface area contributed by atoms with Gasteiger partial charge in [0.15, 0.2) is 0 Å². The van der Waals surface area contributed by atoms with E-state index in [-0.39, 0.29) is 16.9 Å². The molecule has 80 valence electrons. The van der Waals surface area contributed by atoms with E-state index >= 15 is 0 Å². The molecule has 2 N–H and O–H groups in total. The van der Waals surface area contributed by atoms with Crippen LogP contribution >= 0.6 is 11.8 Å². The first kappa shape index (κ1) is 10.4. The fourth-order valence-corrected chi connectivity index (χ4v) is 2.75. The number of carbonyl (C=O) groups excluding carboxylic acids is 1. The average Bonchev–Trinajstić information content (AvgIpc) is 2.70. The summed E-state index contributed by atoms with van der Waals surface area (Å²) in [7, 11) is 0. The molecular formula is C11H13NO2S. The molecule has 1 aliphatic heterocycles. The van der Waals surface area contributed by atoms with Crippen LogP contribution in [0.2, 0.25) is 0 Å². The number of anilines is 1. The number of aromatic hydroxyl groups is 1. The van der Waals surface area contributed by atoms with Gasteiger partial charge in [-0.2, -0.15) is 0 Å². The van der Waals surface area contributed by atoms with Gasteiger partial charge in [0.1, 0.15) is 5.75 Å². The molecule has 1 atom stereocenters. The highest BCUT2D eigenvalue weighted by molar-refractivity contribution is 8.00. The Hall–Kier alpha value is -1.16. The van der Waals surface area contributed by atoms with E-state index < -0.39 is 0 Å². The van der Waals surface area contributed by atoms with E-state index in [4.69, 9.17) is 0 Å². The van der Waals surface area contributed by atoms with Crippen molar-refractivity contribution in [2.45, 2.75) is 18.1 Å². The minimum absolute atomic E-state index is 0.0445. The quantitative estimate of drug-likeness (QED) is 0.808. The molecule has 2 rings (SSSR count). The van der Waals surface area contributed by atoms with Crippen LogP contribution in [0.4, 0.5) is 5.69 Å². The minimum atomic E-state index is 0.0445. The molecule has 1 amide bonds. The van der Waals surface area contributed by atoms with Gasteiger partial charge in [0.25, 0.3) is 0 Å². The topological polar surface area (TPSA) is 49.3 Å². The second kappa shape index (κ2) is 4.57. The SMILES string of the molecule is O=C(Nc1cccc(O)c1)C1CCCS1. The number of benzene rings is 1. The summed E-state index contributed by atoms with van der Waals surface area (Å²) in [5, 5.41) is 12.1. The van der Waals surface area contributed by atoms with Gasteiger partial charge in [-0.25, -0.2) is 0 Å². The molecule has 4 heteroatoms. The van der Waals surface area contributed by atoms with Gasteiger partial charge in [-0.1, -0.05) is 6.07 Å². The number of phenolic OH excluding ortho intramolecular Hbond substituents is 1. The van der Waals surface area contributed by atoms with E-state index in [1.54, 1.807) is 36.0 Å². The molecule has 0 aliphatic carbocycles. The Balaban J connectivity index is 1.99. The van der Waals surface area contributed by atoms with Crippen LogP contribution in [0.5, 0.6) is 5.75 Å². The van der Waals surface area contributed by atoms with Crippen molar-refractivity contribution >= 4 is 23.4 Å². The Labute approximate surface area is 92.9 Å². The zero-order valence-electron chi connectivity index (χ0n) is 8.27. The number of thioether (sulfide) groups is 1. The fourth-order valence-electron chi connectivity index (χ4n) is 1.59. The van der Waals surface area contributed by atoms with Crippen molar-refractivity contribution in [2.24, 2.45) is 0 Å². The second-order valence-corrected chi connectivity index (χ2v) is 4.85. The summed E-state index contributed by atoms with van der Waals surface area (Å²) < 4.78 is 0. The van der Waals surface area contributed by atoms with Gasteiger partial charge in [-0.3, -0.25) is 4.79 Å². The number of amides is 1. The molecular weight excluding hydrogens is 210 g/mol. The number of hydrogen-bond donors (Lipinski definition) is 2. The molecule has 0 aromatic heterocycles. The molecule has 1 unspecified atom stereocenters. The van der Waals surface area contributed by atoms with Crippen LogP contribution in [0, 0.1) is 0 Å². The maximum Gasteiger partial charge on any atom is 0.237 e. The highest BCUT2D eigenvalue weighted by Gasteiger charge is 2.23. The van der Waals surface area contributed by atoms with E-state index in [0.29, 0.717) is 5.69 Å². The Bertz CT molecular complexity index is 361. The maximum absolute atomic E-state index is 11.7. The third-order valence-corrected chi connectivity index (χ3v) is 3.71. The number of phenols is 1. The first-order chi connectivity index (χ1) is 7.25. The summed E-state index contributed by atoms with van der Waals surface area (Å²) in [5.41, 5.74) is 0.660. The zero-order valence-corrected chi connectivity index (χ0v) is 9.09. The number of carbonyl (C=O) groups is 1. The van der Waals surface area contributed by atoms with Gasteiger partial charge in [0.2, 0.25) is 5.91 Å². The van der Waals surface area contributed by atoms with Gasteiger partial charge in [-0.05, 0) is 30.7 Å². The summed E-state index contributed by atoms with van der Waals surface area (Å²) in [6.45, 7) is 0. The summed E-state index contributed by atoms with van der Waals surface area (Å²) in [6.07, 6.45) is 2.07. The molecule has 0 spiro atoms. The molecule has 1 fully saturated rings. The van der Waals surface area contributed by atoms with Crippen LogP contribution in [-0.2, 0) is 4.79 Å². The molecule has 1 saturated heterocycles. The molecule has 1 aromatic carbocycles. The Morgan fingerprint density at radius 1 is 1.53 bits per heavy atom. The van der Waals surface area contributed by atoms with Crippen molar-refractivity contribution in [1.82, 2.24) is 0 Å². The van der Waals surface area contributed by atoms with Gasteiger partial charge >= 0.3 is 0 Å². The largest absolute Gasteiger partial charge is 0.508 e. The number of hydrogen-bond acceptors (Lipinski definition) is 3. The van der Waals surface area contributed by atoms with Crippen LogP contribution < -0.4 is 5.32 Å². The molecule has 1 aromatic rings. The lowest BCUT2D eigenvalue weighted by Crippen LogP contribution is -2.22. The number of rotatable bonds is 2.